The van der Waals surface area contributed by atoms with Crippen molar-refractivity contribution in [2.45, 2.75) is 51.6 Å². The van der Waals surface area contributed by atoms with Gasteiger partial charge in [0.25, 0.3) is 10.1 Å². The third-order valence-electron chi connectivity index (χ3n) is 7.72. The molecule has 10 heteroatoms. The van der Waals surface area contributed by atoms with Crippen molar-refractivity contribution < 1.29 is 27.0 Å². The van der Waals surface area contributed by atoms with Gasteiger partial charge in [0.2, 0.25) is 0 Å². The Labute approximate surface area is 230 Å². The van der Waals surface area contributed by atoms with Crippen LogP contribution >= 0.6 is 0 Å². The van der Waals surface area contributed by atoms with Crippen LogP contribution in [-0.4, -0.2) is 74.4 Å². The van der Waals surface area contributed by atoms with Gasteiger partial charge in [0, 0.05) is 50.2 Å². The third-order valence-corrected chi connectivity index (χ3v) is 7.72. The van der Waals surface area contributed by atoms with Crippen LogP contribution in [0.15, 0.2) is 47.0 Å². The number of hydrogen-bond acceptors (Lipinski definition) is 8. The molecule has 1 aliphatic heterocycles. The number of ketones is 1. The molecule has 1 unspecified atom stereocenters. The Balaban J connectivity index is 0.000000648. The van der Waals surface area contributed by atoms with E-state index in [9.17, 15) is 13.2 Å². The van der Waals surface area contributed by atoms with Crippen molar-refractivity contribution in [1.82, 2.24) is 10.1 Å². The predicted octanol–water partition coefficient (Wildman–Crippen LogP) is 4.37. The largest absolute Gasteiger partial charge is 0.372 e. The van der Waals surface area contributed by atoms with Crippen molar-refractivity contribution in [1.29, 1.82) is 0 Å². The molecular weight excluding hydrogens is 518 g/mol. The Morgan fingerprint density at radius 1 is 1.03 bits per heavy atom. The Hall–Kier alpha value is -2.79. The summed E-state index contributed by atoms with van der Waals surface area (Å²) in [5, 5.41) is 5.40. The van der Waals surface area contributed by atoms with Crippen molar-refractivity contribution in [3.05, 3.63) is 59.2 Å². The lowest BCUT2D eigenvalue weighted by Crippen LogP contribution is -2.48. The zero-order valence-corrected chi connectivity index (χ0v) is 24.4. The first-order valence-electron chi connectivity index (χ1n) is 13.3. The molecule has 39 heavy (non-hydrogen) atoms. The number of piperazine rings is 1. The second-order valence-electron chi connectivity index (χ2n) is 11.4. The number of ether oxygens (including phenoxy) is 1. The molecule has 0 bridgehead atoms. The molecule has 0 radical (unpaired) electrons. The van der Waals surface area contributed by atoms with E-state index in [2.05, 4.69) is 53.1 Å². The van der Waals surface area contributed by atoms with Crippen LogP contribution in [0.4, 0.5) is 5.82 Å². The molecule has 1 aromatic heterocycles. The van der Waals surface area contributed by atoms with Gasteiger partial charge in [-0.3, -0.25) is 14.2 Å². The maximum atomic E-state index is 13.1. The van der Waals surface area contributed by atoms with E-state index in [0.717, 1.165) is 66.2 Å². The maximum absolute atomic E-state index is 13.1. The zero-order valence-electron chi connectivity index (χ0n) is 23.6. The molecule has 9 nitrogen and oxygen atoms in total. The van der Waals surface area contributed by atoms with E-state index in [1.807, 2.05) is 39.0 Å². The molecule has 0 saturated carbocycles. The fourth-order valence-corrected chi connectivity index (χ4v) is 5.78. The topological polar surface area (TPSA) is 113 Å². The van der Waals surface area contributed by atoms with E-state index in [0.29, 0.717) is 12.9 Å². The van der Waals surface area contributed by atoms with Gasteiger partial charge in [-0.1, -0.05) is 35.5 Å². The van der Waals surface area contributed by atoms with Gasteiger partial charge in [-0.25, -0.2) is 0 Å². The van der Waals surface area contributed by atoms with Crippen LogP contribution < -0.4 is 4.90 Å². The molecule has 1 aliphatic carbocycles. The van der Waals surface area contributed by atoms with Gasteiger partial charge >= 0.3 is 0 Å². The lowest BCUT2D eigenvalue weighted by molar-refractivity contribution is -0.126. The van der Waals surface area contributed by atoms with Crippen molar-refractivity contribution in [2.75, 3.05) is 50.5 Å². The number of benzene rings is 2. The SMILES string of the molecule is CCOC(CN1CCN(c2noc3ccccc23)CC1)c1ccc2c(c1)C(C)(C)C(=O)C2(C)C.CS(=O)(=O)O. The highest BCUT2D eigenvalue weighted by molar-refractivity contribution is 7.85. The minimum Gasteiger partial charge on any atom is -0.372 e. The molecule has 1 atom stereocenters. The maximum Gasteiger partial charge on any atom is 0.261 e. The first kappa shape index (κ1) is 29.2. The summed E-state index contributed by atoms with van der Waals surface area (Å²) in [6, 6.07) is 14.6. The second-order valence-corrected chi connectivity index (χ2v) is 12.8. The van der Waals surface area contributed by atoms with E-state index < -0.39 is 20.9 Å². The van der Waals surface area contributed by atoms with E-state index in [-0.39, 0.29) is 11.9 Å². The summed E-state index contributed by atoms with van der Waals surface area (Å²) in [6.45, 7) is 15.4. The number of nitrogens with zero attached hydrogens (tertiary/aromatic N) is 3. The molecule has 2 aliphatic rings. The van der Waals surface area contributed by atoms with E-state index in [1.165, 1.54) is 0 Å². The Morgan fingerprint density at radius 2 is 1.64 bits per heavy atom. The summed E-state index contributed by atoms with van der Waals surface area (Å²) in [4.78, 5) is 17.9. The van der Waals surface area contributed by atoms with Crippen LogP contribution in [0.3, 0.4) is 0 Å². The molecule has 1 fully saturated rings. The molecule has 2 aromatic carbocycles. The van der Waals surface area contributed by atoms with Crippen LogP contribution in [0.5, 0.6) is 0 Å². The quantitative estimate of drug-likeness (QED) is 0.442. The first-order valence-corrected chi connectivity index (χ1v) is 15.1. The number of hydrogen-bond donors (Lipinski definition) is 1. The Morgan fingerprint density at radius 3 is 2.28 bits per heavy atom. The summed E-state index contributed by atoms with van der Waals surface area (Å²) in [5.41, 5.74) is 3.36. The summed E-state index contributed by atoms with van der Waals surface area (Å²) in [7, 11) is -3.67. The first-order chi connectivity index (χ1) is 18.2. The number of anilines is 1. The van der Waals surface area contributed by atoms with Gasteiger partial charge in [0.1, 0.15) is 0 Å². The molecule has 2 heterocycles. The average Bonchev–Trinajstić information content (AvgIpc) is 3.36. The second kappa shape index (κ2) is 11.0. The van der Waals surface area contributed by atoms with Gasteiger partial charge in [-0.15, -0.1) is 0 Å². The number of para-hydroxylation sites is 1. The summed E-state index contributed by atoms with van der Waals surface area (Å²) in [6.07, 6.45) is 0.692. The van der Waals surface area contributed by atoms with Crippen LogP contribution in [0, 0.1) is 0 Å². The number of rotatable bonds is 6. The fraction of sp³-hybridized carbons (Fsp3) is 0.517. The van der Waals surface area contributed by atoms with Crippen LogP contribution in [0.1, 0.15) is 57.4 Å². The predicted molar refractivity (Wildman–Crippen MR) is 152 cm³/mol. The highest BCUT2D eigenvalue weighted by Gasteiger charge is 2.50. The number of Topliss-reactive ketones (excluding diaryl/α,β-unsaturated/α-hetero) is 1. The standard InChI is InChI=1S/C28H35N3O3.CH4O3S/c1-6-33-24(19-11-12-21-22(17-19)28(4,5)26(32)27(21,2)3)18-30-13-15-31(16-14-30)25-20-9-7-8-10-23(20)34-29-25;1-5(2,3)4/h7-12,17,24H,6,13-16,18H2,1-5H3;1H3,(H,2,3,4). The highest BCUT2D eigenvalue weighted by atomic mass is 32.2. The summed E-state index contributed by atoms with van der Waals surface area (Å²) < 4.78 is 37.6. The number of carbonyl (C=O) groups is 1. The number of carbonyl (C=O) groups excluding carboxylic acids is 1. The molecule has 212 valence electrons. The average molecular weight is 558 g/mol. The van der Waals surface area contributed by atoms with Gasteiger partial charge < -0.3 is 14.2 Å². The van der Waals surface area contributed by atoms with Crippen molar-refractivity contribution in [2.24, 2.45) is 0 Å². The van der Waals surface area contributed by atoms with Gasteiger partial charge in [0.15, 0.2) is 17.2 Å². The van der Waals surface area contributed by atoms with E-state index in [1.54, 1.807) is 0 Å². The molecule has 1 saturated heterocycles. The fourth-order valence-electron chi connectivity index (χ4n) is 5.78. The van der Waals surface area contributed by atoms with Crippen molar-refractivity contribution >= 4 is 32.7 Å². The molecular formula is C29H39N3O6S. The van der Waals surface area contributed by atoms with Gasteiger partial charge in [-0.05, 0) is 63.4 Å². The molecule has 3 aromatic rings. The number of fused-ring (bicyclic) bond motifs is 2. The van der Waals surface area contributed by atoms with Crippen molar-refractivity contribution in [3.63, 3.8) is 0 Å². The minimum atomic E-state index is -3.67. The number of aromatic nitrogens is 1. The Kier molecular flexibility index (Phi) is 8.23. The monoisotopic (exact) mass is 557 g/mol. The third kappa shape index (κ3) is 6.19. The van der Waals surface area contributed by atoms with Crippen molar-refractivity contribution in [3.8, 4) is 0 Å². The van der Waals surface area contributed by atoms with Crippen LogP contribution in [-0.2, 0) is 30.5 Å². The minimum absolute atomic E-state index is 0.0238. The van der Waals surface area contributed by atoms with Gasteiger partial charge in [0.05, 0.1) is 17.7 Å². The molecule has 0 spiro atoms. The van der Waals surface area contributed by atoms with E-state index in [4.69, 9.17) is 13.8 Å². The Bertz CT molecular complexity index is 1430. The summed E-state index contributed by atoms with van der Waals surface area (Å²) in [5.74, 6) is 1.22. The zero-order chi connectivity index (χ0) is 28.6. The normalized spacial score (nSPS) is 19.5. The highest BCUT2D eigenvalue weighted by Crippen LogP contribution is 2.47. The van der Waals surface area contributed by atoms with Gasteiger partial charge in [-0.2, -0.15) is 8.42 Å². The molecule has 1 N–H and O–H groups in total. The lowest BCUT2D eigenvalue weighted by atomic mass is 9.80. The molecule has 0 amide bonds. The van der Waals surface area contributed by atoms with Crippen LogP contribution in [0.25, 0.3) is 11.0 Å². The summed E-state index contributed by atoms with van der Waals surface area (Å²) >= 11 is 0. The lowest BCUT2D eigenvalue weighted by Gasteiger charge is -2.36. The molecule has 5 rings (SSSR count). The smallest absolute Gasteiger partial charge is 0.261 e. The van der Waals surface area contributed by atoms with E-state index >= 15 is 0 Å². The van der Waals surface area contributed by atoms with Crippen LogP contribution in [0.2, 0.25) is 0 Å².